The molecule has 0 aliphatic heterocycles. The number of ether oxygens (including phenoxy) is 1. The van der Waals surface area contributed by atoms with E-state index in [-0.39, 0.29) is 20.8 Å². The van der Waals surface area contributed by atoms with Crippen molar-refractivity contribution in [2.24, 2.45) is 0 Å². The minimum atomic E-state index is -0.579. The number of aromatic amines is 2. The van der Waals surface area contributed by atoms with Crippen LogP contribution in [0.2, 0.25) is 0 Å². The van der Waals surface area contributed by atoms with Gasteiger partial charge in [-0.15, -0.1) is 0 Å². The number of benzene rings is 2. The molecule has 3 N–H and O–H groups in total. The van der Waals surface area contributed by atoms with Crippen LogP contribution in [0.1, 0.15) is 5.69 Å². The number of nitrogens with zero attached hydrogens (tertiary/aromatic N) is 1. The Morgan fingerprint density at radius 3 is 2.85 bits per heavy atom. The van der Waals surface area contributed by atoms with Crippen molar-refractivity contribution in [1.29, 1.82) is 0 Å². The van der Waals surface area contributed by atoms with E-state index < -0.39 is 6.09 Å². The molecule has 0 bridgehead atoms. The number of halogens is 1. The predicted molar refractivity (Wildman–Crippen MR) is 100 cm³/mol. The van der Waals surface area contributed by atoms with Crippen molar-refractivity contribution in [3.8, 4) is 0 Å². The summed E-state index contributed by atoms with van der Waals surface area (Å²) in [5, 5.41) is 3.43. The van der Waals surface area contributed by atoms with Crippen LogP contribution in [0.15, 0.2) is 36.4 Å². The summed E-state index contributed by atoms with van der Waals surface area (Å²) in [5.74, 6) is 0.0953. The summed E-state index contributed by atoms with van der Waals surface area (Å²) >= 11 is -0.00856. The molecule has 0 unspecified atom stereocenters. The third-order valence-corrected chi connectivity index (χ3v) is 6.53. The van der Waals surface area contributed by atoms with Gasteiger partial charge in [0, 0.05) is 0 Å². The monoisotopic (exact) mass is 418 g/mol. The fraction of sp³-hybridized carbons (Fsp3) is 0.111. The maximum absolute atomic E-state index is 13.6. The van der Waals surface area contributed by atoms with Crippen molar-refractivity contribution in [2.45, 2.75) is 6.92 Å². The first-order chi connectivity index (χ1) is 12.5. The van der Waals surface area contributed by atoms with E-state index in [1.807, 2.05) is 25.1 Å². The van der Waals surface area contributed by atoms with Gasteiger partial charge in [-0.3, -0.25) is 0 Å². The van der Waals surface area contributed by atoms with Crippen molar-refractivity contribution < 1.29 is 13.9 Å². The third kappa shape index (κ3) is 3.05. The SMILES string of the molecule is COC(=O)Nc1nc2ccc([Se]c3c(C)[nH]c4ccc(F)cc34)cc2[nH]1. The molecule has 4 aromatic rings. The molecule has 26 heavy (non-hydrogen) atoms. The first-order valence-electron chi connectivity index (χ1n) is 7.84. The molecule has 0 radical (unpaired) electrons. The summed E-state index contributed by atoms with van der Waals surface area (Å²) in [6, 6.07) is 10.7. The average Bonchev–Trinajstić information content (AvgIpc) is 3.15. The first-order valence-corrected chi connectivity index (χ1v) is 9.55. The molecule has 0 aliphatic carbocycles. The summed E-state index contributed by atoms with van der Waals surface area (Å²) in [6.07, 6.45) is -0.579. The molecule has 1 amide bonds. The molecular formula is C18H15FN4O2Se. The van der Waals surface area contributed by atoms with Gasteiger partial charge in [0.1, 0.15) is 0 Å². The molecule has 0 atom stereocenters. The topological polar surface area (TPSA) is 82.8 Å². The summed E-state index contributed by atoms with van der Waals surface area (Å²) in [5.41, 5.74) is 3.55. The zero-order chi connectivity index (χ0) is 18.3. The molecule has 2 aromatic heterocycles. The van der Waals surface area contributed by atoms with Gasteiger partial charge in [0.05, 0.1) is 0 Å². The predicted octanol–water partition coefficient (Wildman–Crippen LogP) is 2.33. The standard InChI is InChI=1S/C18H15FN4O2Se/c1-9-16(12-7-10(19)3-5-13(12)20-9)26-11-4-6-14-15(8-11)22-17(21-14)23-18(24)25-2/h3-8,20H,1-2H3,(H2,21,22,23,24). The van der Waals surface area contributed by atoms with Gasteiger partial charge in [-0.1, -0.05) is 0 Å². The van der Waals surface area contributed by atoms with E-state index in [9.17, 15) is 9.18 Å². The van der Waals surface area contributed by atoms with Gasteiger partial charge in [0.15, 0.2) is 0 Å². The normalized spacial score (nSPS) is 11.2. The van der Waals surface area contributed by atoms with Crippen LogP contribution in [0.4, 0.5) is 15.1 Å². The Hall–Kier alpha value is -2.83. The number of aromatic nitrogens is 3. The van der Waals surface area contributed by atoms with Crippen molar-refractivity contribution in [3.63, 3.8) is 0 Å². The van der Waals surface area contributed by atoms with Crippen LogP contribution >= 0.6 is 0 Å². The minimum absolute atomic E-state index is 0.00856. The number of H-pyrrole nitrogens is 2. The second-order valence-corrected chi connectivity index (χ2v) is 8.03. The molecule has 0 aliphatic rings. The Morgan fingerprint density at radius 2 is 2.04 bits per heavy atom. The van der Waals surface area contributed by atoms with Gasteiger partial charge in [-0.25, -0.2) is 0 Å². The number of methoxy groups -OCH3 is 1. The van der Waals surface area contributed by atoms with Gasteiger partial charge in [0.2, 0.25) is 0 Å². The number of carbonyl (C=O) groups is 1. The number of rotatable bonds is 3. The van der Waals surface area contributed by atoms with E-state index in [4.69, 9.17) is 0 Å². The summed E-state index contributed by atoms with van der Waals surface area (Å²) in [6.45, 7) is 2.00. The summed E-state index contributed by atoms with van der Waals surface area (Å²) in [7, 11) is 1.30. The summed E-state index contributed by atoms with van der Waals surface area (Å²) < 4.78 is 20.5. The van der Waals surface area contributed by atoms with Gasteiger partial charge in [0.25, 0.3) is 0 Å². The Kier molecular flexibility index (Phi) is 4.14. The quantitative estimate of drug-likeness (QED) is 0.448. The number of carbonyl (C=O) groups excluding carboxylic acids is 1. The van der Waals surface area contributed by atoms with Gasteiger partial charge in [-0.2, -0.15) is 0 Å². The molecular weight excluding hydrogens is 402 g/mol. The van der Waals surface area contributed by atoms with E-state index >= 15 is 0 Å². The third-order valence-electron chi connectivity index (χ3n) is 3.97. The van der Waals surface area contributed by atoms with Crippen LogP contribution in [-0.2, 0) is 4.74 Å². The van der Waals surface area contributed by atoms with E-state index in [1.54, 1.807) is 12.1 Å². The molecule has 0 spiro atoms. The fourth-order valence-corrected chi connectivity index (χ4v) is 4.95. The second kappa shape index (κ2) is 6.48. The Morgan fingerprint density at radius 1 is 1.19 bits per heavy atom. The van der Waals surface area contributed by atoms with E-state index in [2.05, 4.69) is 25.0 Å². The average molecular weight is 417 g/mol. The number of hydrogen-bond donors (Lipinski definition) is 3. The Balaban J connectivity index is 1.68. The molecule has 0 saturated carbocycles. The van der Waals surface area contributed by atoms with Gasteiger partial charge in [-0.05, 0) is 0 Å². The van der Waals surface area contributed by atoms with Crippen molar-refractivity contribution in [2.75, 3.05) is 12.4 Å². The molecule has 8 heteroatoms. The molecule has 2 aromatic carbocycles. The van der Waals surface area contributed by atoms with E-state index in [0.717, 1.165) is 36.6 Å². The van der Waals surface area contributed by atoms with Crippen LogP contribution in [0, 0.1) is 12.7 Å². The van der Waals surface area contributed by atoms with Gasteiger partial charge >= 0.3 is 154 Å². The molecule has 0 fully saturated rings. The zero-order valence-electron chi connectivity index (χ0n) is 14.0. The van der Waals surface area contributed by atoms with Crippen LogP contribution in [0.25, 0.3) is 21.9 Å². The van der Waals surface area contributed by atoms with Gasteiger partial charge < -0.3 is 0 Å². The second-order valence-electron chi connectivity index (χ2n) is 5.75. The number of fused-ring (bicyclic) bond motifs is 2. The number of nitrogens with one attached hydrogen (secondary N) is 3. The number of hydrogen-bond acceptors (Lipinski definition) is 3. The number of amides is 1. The van der Waals surface area contributed by atoms with Crippen molar-refractivity contribution in [3.05, 3.63) is 47.9 Å². The maximum atomic E-state index is 13.6. The van der Waals surface area contributed by atoms with Crippen LogP contribution < -0.4 is 14.2 Å². The first kappa shape index (κ1) is 16.6. The molecule has 6 nitrogen and oxygen atoms in total. The van der Waals surface area contributed by atoms with Crippen LogP contribution in [0.3, 0.4) is 0 Å². The summed E-state index contributed by atoms with van der Waals surface area (Å²) in [4.78, 5) is 22.0. The Labute approximate surface area is 154 Å². The van der Waals surface area contributed by atoms with Crippen LogP contribution in [0.5, 0.6) is 0 Å². The number of anilines is 1. The zero-order valence-corrected chi connectivity index (χ0v) is 15.7. The number of aryl methyl sites for hydroxylation is 1. The molecule has 4 rings (SSSR count). The van der Waals surface area contributed by atoms with Crippen molar-refractivity contribution >= 4 is 57.9 Å². The van der Waals surface area contributed by atoms with E-state index in [0.29, 0.717) is 5.95 Å². The molecule has 0 saturated heterocycles. The molecule has 132 valence electrons. The molecule has 2 heterocycles. The Bertz CT molecular complexity index is 1140. The fourth-order valence-electron chi connectivity index (χ4n) is 2.78. The van der Waals surface area contributed by atoms with E-state index in [1.165, 1.54) is 13.2 Å². The van der Waals surface area contributed by atoms with Crippen LogP contribution in [-0.4, -0.2) is 43.1 Å². The number of imidazole rings is 1. The van der Waals surface area contributed by atoms with Crippen molar-refractivity contribution in [1.82, 2.24) is 15.0 Å².